The van der Waals surface area contributed by atoms with Crippen molar-refractivity contribution in [1.82, 2.24) is 14.9 Å². The minimum absolute atomic E-state index is 0.0335. The lowest BCUT2D eigenvalue weighted by Gasteiger charge is -2.29. The van der Waals surface area contributed by atoms with E-state index in [9.17, 15) is 23.1 Å². The molecule has 0 aliphatic heterocycles. The molecular weight excluding hydrogens is 367 g/mol. The van der Waals surface area contributed by atoms with E-state index in [4.69, 9.17) is 9.47 Å². The van der Waals surface area contributed by atoms with E-state index in [2.05, 4.69) is 10.3 Å². The zero-order valence-corrected chi connectivity index (χ0v) is 14.8. The first-order chi connectivity index (χ1) is 12.7. The molecule has 0 saturated carbocycles. The summed E-state index contributed by atoms with van der Waals surface area (Å²) in [5, 5.41) is 12.4. The number of aromatic nitrogens is 2. The third kappa shape index (κ3) is 4.91. The van der Waals surface area contributed by atoms with Gasteiger partial charge in [-0.3, -0.25) is 4.79 Å². The Balaban J connectivity index is 1.92. The number of hydrogen-bond donors (Lipinski definition) is 2. The fraction of sp³-hybridized carbons (Fsp3) is 0.412. The average Bonchev–Trinajstić information content (AvgIpc) is 3.04. The van der Waals surface area contributed by atoms with Crippen molar-refractivity contribution in [2.75, 3.05) is 20.3 Å². The predicted octanol–water partition coefficient (Wildman–Crippen LogP) is 1.76. The minimum Gasteiger partial charge on any atom is -0.497 e. The molecule has 1 aromatic heterocycles. The molecule has 0 radical (unpaired) electrons. The van der Waals surface area contributed by atoms with Crippen LogP contribution in [0.3, 0.4) is 0 Å². The smallest absolute Gasteiger partial charge is 0.425 e. The molecule has 0 bridgehead atoms. The summed E-state index contributed by atoms with van der Waals surface area (Å²) < 4.78 is 51.6. The second-order valence-corrected chi connectivity index (χ2v) is 5.77. The molecule has 7 nitrogen and oxygen atoms in total. The van der Waals surface area contributed by atoms with Gasteiger partial charge in [0.2, 0.25) is 11.5 Å². The number of carbonyl (C=O) groups is 1. The van der Waals surface area contributed by atoms with Crippen LogP contribution in [0.25, 0.3) is 0 Å². The van der Waals surface area contributed by atoms with Crippen LogP contribution in [0.1, 0.15) is 12.2 Å². The summed E-state index contributed by atoms with van der Waals surface area (Å²) >= 11 is 0. The van der Waals surface area contributed by atoms with Crippen molar-refractivity contribution >= 4 is 5.91 Å². The summed E-state index contributed by atoms with van der Waals surface area (Å²) in [4.78, 5) is 15.5. The molecule has 2 rings (SSSR count). The van der Waals surface area contributed by atoms with Crippen molar-refractivity contribution in [1.29, 1.82) is 0 Å². The van der Waals surface area contributed by atoms with Crippen LogP contribution in [-0.4, -0.2) is 47.0 Å². The molecular formula is C17H20F3N3O4. The summed E-state index contributed by atoms with van der Waals surface area (Å²) in [5.41, 5.74) is -3.39. The number of amides is 1. The van der Waals surface area contributed by atoms with Crippen LogP contribution in [-0.2, 0) is 17.4 Å². The number of ether oxygens (including phenoxy) is 2. The van der Waals surface area contributed by atoms with Gasteiger partial charge in [-0.25, -0.2) is 4.98 Å². The molecule has 1 heterocycles. The number of nitrogens with one attached hydrogen (secondary N) is 1. The lowest BCUT2D eigenvalue weighted by atomic mass is 9.97. The number of nitrogens with zero attached hydrogens (tertiary/aromatic N) is 2. The zero-order valence-electron chi connectivity index (χ0n) is 14.8. The maximum Gasteiger partial charge on any atom is 0.425 e. The normalized spacial score (nSPS) is 13.7. The van der Waals surface area contributed by atoms with Crippen molar-refractivity contribution in [2.45, 2.75) is 18.2 Å². The lowest BCUT2D eigenvalue weighted by molar-refractivity contribution is -0.271. The minimum atomic E-state index is -5.07. The van der Waals surface area contributed by atoms with E-state index in [1.807, 2.05) is 0 Å². The van der Waals surface area contributed by atoms with Gasteiger partial charge in [0.05, 0.1) is 20.1 Å². The van der Waals surface area contributed by atoms with Gasteiger partial charge in [-0.2, -0.15) is 13.2 Å². The quantitative estimate of drug-likeness (QED) is 0.675. The topological polar surface area (TPSA) is 85.6 Å². The van der Waals surface area contributed by atoms with Crippen molar-refractivity contribution in [3.63, 3.8) is 0 Å². The maximum atomic E-state index is 13.4. The van der Waals surface area contributed by atoms with Crippen LogP contribution in [0, 0.1) is 0 Å². The van der Waals surface area contributed by atoms with E-state index >= 15 is 0 Å². The third-order valence-corrected chi connectivity index (χ3v) is 3.81. The Labute approximate surface area is 153 Å². The number of aliphatic hydroxyl groups is 1. The van der Waals surface area contributed by atoms with Crippen LogP contribution in [0.4, 0.5) is 13.2 Å². The Kier molecular flexibility index (Phi) is 6.32. The van der Waals surface area contributed by atoms with Gasteiger partial charge in [0.25, 0.3) is 0 Å². The van der Waals surface area contributed by atoms with Gasteiger partial charge in [-0.05, 0) is 12.1 Å². The fourth-order valence-corrected chi connectivity index (χ4v) is 2.42. The molecule has 1 amide bonds. The van der Waals surface area contributed by atoms with Gasteiger partial charge >= 0.3 is 6.18 Å². The van der Waals surface area contributed by atoms with E-state index in [0.29, 0.717) is 11.5 Å². The van der Waals surface area contributed by atoms with Gasteiger partial charge in [-0.15, -0.1) is 0 Å². The highest BCUT2D eigenvalue weighted by molar-refractivity contribution is 5.77. The van der Waals surface area contributed by atoms with Crippen molar-refractivity contribution in [3.8, 4) is 11.5 Å². The van der Waals surface area contributed by atoms with Crippen LogP contribution < -0.4 is 14.8 Å². The molecule has 2 aromatic rings. The van der Waals surface area contributed by atoms with Gasteiger partial charge < -0.3 is 24.5 Å². The van der Waals surface area contributed by atoms with Crippen LogP contribution in [0.15, 0.2) is 36.7 Å². The number of imidazole rings is 1. The van der Waals surface area contributed by atoms with Gasteiger partial charge in [0.15, 0.2) is 5.82 Å². The van der Waals surface area contributed by atoms with E-state index < -0.39 is 29.9 Å². The molecule has 0 spiro atoms. The van der Waals surface area contributed by atoms with E-state index in [1.165, 1.54) is 20.4 Å². The Morgan fingerprint density at radius 1 is 1.33 bits per heavy atom. The van der Waals surface area contributed by atoms with Crippen LogP contribution >= 0.6 is 0 Å². The number of carbonyl (C=O) groups excluding carboxylic acids is 1. The number of aryl methyl sites for hydroxylation is 1. The number of rotatable bonds is 8. The highest BCUT2D eigenvalue weighted by Gasteiger charge is 2.58. The predicted molar refractivity (Wildman–Crippen MR) is 89.3 cm³/mol. The molecule has 1 unspecified atom stereocenters. The average molecular weight is 387 g/mol. The van der Waals surface area contributed by atoms with E-state index in [1.54, 1.807) is 24.3 Å². The summed E-state index contributed by atoms with van der Waals surface area (Å²) in [6.45, 7) is -0.00367. The SMILES string of the molecule is COc1cccc(OCCNC(=O)CC(O)(c2nccn2C)C(F)(F)F)c1. The standard InChI is InChI=1S/C17H20F3N3O4/c1-23-8-6-22-15(23)16(25,17(18,19)20)11-14(24)21-7-9-27-13-5-3-4-12(10-13)26-2/h3-6,8,10,25H,7,9,11H2,1-2H3,(H,21,24). The molecule has 1 atom stereocenters. The third-order valence-electron chi connectivity index (χ3n) is 3.81. The number of methoxy groups -OCH3 is 1. The molecule has 1 aromatic carbocycles. The van der Waals surface area contributed by atoms with Crippen molar-refractivity contribution < 1.29 is 32.5 Å². The first-order valence-corrected chi connectivity index (χ1v) is 7.98. The first kappa shape index (κ1) is 20.6. The molecule has 10 heteroatoms. The van der Waals surface area contributed by atoms with Crippen molar-refractivity contribution in [2.24, 2.45) is 7.05 Å². The molecule has 148 valence electrons. The van der Waals surface area contributed by atoms with Gasteiger partial charge in [-0.1, -0.05) is 6.07 Å². The molecule has 2 N–H and O–H groups in total. The molecule has 0 fully saturated rings. The largest absolute Gasteiger partial charge is 0.497 e. The molecule has 0 aliphatic carbocycles. The zero-order chi connectivity index (χ0) is 20.1. The van der Waals surface area contributed by atoms with Crippen LogP contribution in [0.2, 0.25) is 0 Å². The van der Waals surface area contributed by atoms with E-state index in [-0.39, 0.29) is 13.2 Å². The Bertz CT molecular complexity index is 779. The highest BCUT2D eigenvalue weighted by Crippen LogP contribution is 2.40. The number of halogens is 3. The monoisotopic (exact) mass is 387 g/mol. The highest BCUT2D eigenvalue weighted by atomic mass is 19.4. The second kappa shape index (κ2) is 8.30. The summed E-state index contributed by atoms with van der Waals surface area (Å²) in [6.07, 6.45) is -3.90. The number of benzene rings is 1. The fourth-order valence-electron chi connectivity index (χ4n) is 2.42. The summed E-state index contributed by atoms with van der Waals surface area (Å²) in [7, 11) is 2.81. The van der Waals surface area contributed by atoms with Gasteiger partial charge in [0.1, 0.15) is 18.1 Å². The van der Waals surface area contributed by atoms with Crippen molar-refractivity contribution in [3.05, 3.63) is 42.5 Å². The Hall–Kier alpha value is -2.75. The lowest BCUT2D eigenvalue weighted by Crippen LogP contribution is -2.48. The molecule has 0 saturated heterocycles. The van der Waals surface area contributed by atoms with Crippen LogP contribution in [0.5, 0.6) is 11.5 Å². The number of alkyl halides is 3. The maximum absolute atomic E-state index is 13.4. The Morgan fingerprint density at radius 2 is 2.04 bits per heavy atom. The first-order valence-electron chi connectivity index (χ1n) is 7.98. The Morgan fingerprint density at radius 3 is 2.63 bits per heavy atom. The van der Waals surface area contributed by atoms with Gasteiger partial charge in [0, 0.05) is 25.5 Å². The number of hydrogen-bond acceptors (Lipinski definition) is 5. The second-order valence-electron chi connectivity index (χ2n) is 5.77. The molecule has 27 heavy (non-hydrogen) atoms. The summed E-state index contributed by atoms with van der Waals surface area (Å²) in [6, 6.07) is 6.74. The summed E-state index contributed by atoms with van der Waals surface area (Å²) in [5.74, 6) is -0.560. The van der Waals surface area contributed by atoms with E-state index in [0.717, 1.165) is 10.8 Å². The molecule has 0 aliphatic rings.